The molecule has 0 aromatic heterocycles. The number of benzene rings is 1. The standard InChI is InChI=1S/C14H13F3N2O2/c1-18-12-3-2-10(7-11(12)14(15,16)17)19-5-4-9(8-19)6-13(20)21/h2-3,7,9H,4-6,8H2,(H,20,21). The fraction of sp³-hybridized carbons (Fsp3) is 0.429. The summed E-state index contributed by atoms with van der Waals surface area (Å²) < 4.78 is 38.7. The van der Waals surface area contributed by atoms with Crippen molar-refractivity contribution in [3.05, 3.63) is 35.2 Å². The van der Waals surface area contributed by atoms with E-state index < -0.39 is 23.4 Å². The average Bonchev–Trinajstić information content (AvgIpc) is 2.84. The second kappa shape index (κ2) is 5.64. The van der Waals surface area contributed by atoms with Gasteiger partial charge in [0.1, 0.15) is 0 Å². The highest BCUT2D eigenvalue weighted by Gasteiger charge is 2.34. The van der Waals surface area contributed by atoms with E-state index in [1.165, 1.54) is 6.07 Å². The Morgan fingerprint density at radius 3 is 2.76 bits per heavy atom. The molecule has 1 aliphatic heterocycles. The zero-order valence-electron chi connectivity index (χ0n) is 11.0. The number of rotatable bonds is 3. The first-order chi connectivity index (χ1) is 9.81. The number of hydrogen-bond acceptors (Lipinski definition) is 2. The van der Waals surface area contributed by atoms with Gasteiger partial charge in [-0.2, -0.15) is 13.2 Å². The zero-order valence-corrected chi connectivity index (χ0v) is 11.0. The van der Waals surface area contributed by atoms with Gasteiger partial charge in [0, 0.05) is 25.2 Å². The first kappa shape index (κ1) is 15.2. The molecule has 1 unspecified atom stereocenters. The van der Waals surface area contributed by atoms with E-state index in [-0.39, 0.29) is 12.3 Å². The second-order valence-corrected chi connectivity index (χ2v) is 5.01. The first-order valence-electron chi connectivity index (χ1n) is 6.36. The third-order valence-corrected chi connectivity index (χ3v) is 3.52. The van der Waals surface area contributed by atoms with E-state index in [4.69, 9.17) is 11.7 Å². The molecule has 0 radical (unpaired) electrons. The van der Waals surface area contributed by atoms with Crippen molar-refractivity contribution in [1.29, 1.82) is 0 Å². The maximum Gasteiger partial charge on any atom is 0.407 e. The summed E-state index contributed by atoms with van der Waals surface area (Å²) >= 11 is 0. The smallest absolute Gasteiger partial charge is 0.407 e. The van der Waals surface area contributed by atoms with E-state index in [0.29, 0.717) is 25.2 Å². The molecule has 112 valence electrons. The largest absolute Gasteiger partial charge is 0.481 e. The van der Waals surface area contributed by atoms with Gasteiger partial charge in [-0.05, 0) is 24.5 Å². The number of carboxylic acid groups (broad SMARTS) is 1. The van der Waals surface area contributed by atoms with Gasteiger partial charge >= 0.3 is 12.1 Å². The third kappa shape index (κ3) is 3.45. The van der Waals surface area contributed by atoms with Crippen LogP contribution in [0.2, 0.25) is 0 Å². The number of halogens is 3. The van der Waals surface area contributed by atoms with Crippen molar-refractivity contribution in [2.24, 2.45) is 5.92 Å². The molecule has 1 heterocycles. The molecule has 0 saturated carbocycles. The van der Waals surface area contributed by atoms with Crippen molar-refractivity contribution in [2.45, 2.75) is 19.0 Å². The Balaban J connectivity index is 2.23. The average molecular weight is 298 g/mol. The summed E-state index contributed by atoms with van der Waals surface area (Å²) in [6.07, 6.45) is -3.92. The van der Waals surface area contributed by atoms with E-state index in [9.17, 15) is 18.0 Å². The highest BCUT2D eigenvalue weighted by atomic mass is 19.4. The van der Waals surface area contributed by atoms with Crippen molar-refractivity contribution in [3.8, 4) is 0 Å². The third-order valence-electron chi connectivity index (χ3n) is 3.52. The molecule has 1 saturated heterocycles. The minimum absolute atomic E-state index is 0.0166. The van der Waals surface area contributed by atoms with Crippen molar-refractivity contribution in [3.63, 3.8) is 0 Å². The fourth-order valence-corrected chi connectivity index (χ4v) is 2.53. The molecule has 0 amide bonds. The molecular formula is C14H13F3N2O2. The van der Waals surface area contributed by atoms with Gasteiger partial charge in [-0.15, -0.1) is 0 Å². The van der Waals surface area contributed by atoms with Crippen LogP contribution in [0.25, 0.3) is 4.85 Å². The van der Waals surface area contributed by atoms with Gasteiger partial charge in [-0.25, -0.2) is 4.85 Å². The van der Waals surface area contributed by atoms with Crippen LogP contribution < -0.4 is 4.90 Å². The number of hydrogen-bond donors (Lipinski definition) is 1. The molecule has 0 aliphatic carbocycles. The Morgan fingerprint density at radius 1 is 1.48 bits per heavy atom. The molecule has 1 aromatic carbocycles. The maximum atomic E-state index is 12.9. The normalized spacial score (nSPS) is 18.6. The van der Waals surface area contributed by atoms with Crippen LogP contribution >= 0.6 is 0 Å². The topological polar surface area (TPSA) is 44.9 Å². The number of anilines is 1. The van der Waals surface area contributed by atoms with Crippen LogP contribution in [0.5, 0.6) is 0 Å². The van der Waals surface area contributed by atoms with Crippen LogP contribution in [0.1, 0.15) is 18.4 Å². The van der Waals surface area contributed by atoms with Gasteiger partial charge in [0.05, 0.1) is 12.1 Å². The SMILES string of the molecule is [C-]#[N+]c1ccc(N2CCC(CC(=O)O)C2)cc1C(F)(F)F. The van der Waals surface area contributed by atoms with Gasteiger partial charge in [0.2, 0.25) is 0 Å². The molecular weight excluding hydrogens is 285 g/mol. The van der Waals surface area contributed by atoms with Crippen LogP contribution in [0, 0.1) is 12.5 Å². The van der Waals surface area contributed by atoms with Gasteiger partial charge < -0.3 is 10.0 Å². The minimum Gasteiger partial charge on any atom is -0.481 e. The Labute approximate surface area is 119 Å². The van der Waals surface area contributed by atoms with Crippen molar-refractivity contribution in [2.75, 3.05) is 18.0 Å². The van der Waals surface area contributed by atoms with Crippen molar-refractivity contribution >= 4 is 17.3 Å². The highest BCUT2D eigenvalue weighted by molar-refractivity contribution is 5.67. The van der Waals surface area contributed by atoms with Crippen molar-refractivity contribution < 1.29 is 23.1 Å². The molecule has 1 aromatic rings. The summed E-state index contributed by atoms with van der Waals surface area (Å²) in [7, 11) is 0. The Hall–Kier alpha value is -2.23. The van der Waals surface area contributed by atoms with E-state index >= 15 is 0 Å². The Bertz CT molecular complexity index is 593. The molecule has 0 spiro atoms. The molecule has 1 N–H and O–H groups in total. The van der Waals surface area contributed by atoms with Gasteiger partial charge in [0.15, 0.2) is 5.69 Å². The minimum atomic E-state index is -4.57. The summed E-state index contributed by atoms with van der Waals surface area (Å²) in [5.41, 5.74) is -0.994. The molecule has 0 bridgehead atoms. The Morgan fingerprint density at radius 2 is 2.19 bits per heavy atom. The maximum absolute atomic E-state index is 12.9. The number of carbonyl (C=O) groups is 1. The number of carboxylic acids is 1. The summed E-state index contributed by atoms with van der Waals surface area (Å²) in [6.45, 7) is 7.74. The lowest BCUT2D eigenvalue weighted by atomic mass is 10.1. The molecule has 1 fully saturated rings. The van der Waals surface area contributed by atoms with Crippen LogP contribution in [-0.2, 0) is 11.0 Å². The van der Waals surface area contributed by atoms with Crippen LogP contribution in [0.15, 0.2) is 18.2 Å². The number of alkyl halides is 3. The predicted molar refractivity (Wildman–Crippen MR) is 70.3 cm³/mol. The highest BCUT2D eigenvalue weighted by Crippen LogP contribution is 2.39. The lowest BCUT2D eigenvalue weighted by Crippen LogP contribution is -2.21. The summed E-state index contributed by atoms with van der Waals surface area (Å²) in [6, 6.07) is 3.61. The van der Waals surface area contributed by atoms with Crippen LogP contribution in [-0.4, -0.2) is 24.2 Å². The van der Waals surface area contributed by atoms with Gasteiger partial charge in [0.25, 0.3) is 0 Å². The molecule has 7 heteroatoms. The van der Waals surface area contributed by atoms with Crippen LogP contribution in [0.3, 0.4) is 0 Å². The molecule has 4 nitrogen and oxygen atoms in total. The van der Waals surface area contributed by atoms with E-state index in [0.717, 1.165) is 12.1 Å². The lowest BCUT2D eigenvalue weighted by Gasteiger charge is -2.20. The zero-order chi connectivity index (χ0) is 15.6. The quantitative estimate of drug-likeness (QED) is 0.868. The first-order valence-corrected chi connectivity index (χ1v) is 6.36. The van der Waals surface area contributed by atoms with Gasteiger partial charge in [-0.3, -0.25) is 4.79 Å². The fourth-order valence-electron chi connectivity index (χ4n) is 2.53. The Kier molecular flexibility index (Phi) is 4.07. The summed E-state index contributed by atoms with van der Waals surface area (Å²) in [4.78, 5) is 15.3. The summed E-state index contributed by atoms with van der Waals surface area (Å²) in [5, 5.41) is 8.75. The molecule has 1 atom stereocenters. The summed E-state index contributed by atoms with van der Waals surface area (Å²) in [5.74, 6) is -0.960. The molecule has 2 rings (SSSR count). The van der Waals surface area contributed by atoms with E-state index in [1.54, 1.807) is 4.90 Å². The molecule has 21 heavy (non-hydrogen) atoms. The lowest BCUT2D eigenvalue weighted by molar-refractivity contribution is -0.138. The van der Waals surface area contributed by atoms with Gasteiger partial charge in [-0.1, -0.05) is 6.07 Å². The molecule has 1 aliphatic rings. The second-order valence-electron chi connectivity index (χ2n) is 5.01. The number of nitrogens with zero attached hydrogens (tertiary/aromatic N) is 2. The predicted octanol–water partition coefficient (Wildman–Crippen LogP) is 3.56. The monoisotopic (exact) mass is 298 g/mol. The van der Waals surface area contributed by atoms with E-state index in [2.05, 4.69) is 4.85 Å². The van der Waals surface area contributed by atoms with E-state index in [1.807, 2.05) is 0 Å². The van der Waals surface area contributed by atoms with Crippen LogP contribution in [0.4, 0.5) is 24.5 Å². The number of aliphatic carboxylic acids is 1. The van der Waals surface area contributed by atoms with Crippen molar-refractivity contribution in [1.82, 2.24) is 0 Å².